The molecule has 3 aromatic rings. The van der Waals surface area contributed by atoms with Crippen LogP contribution in [0.1, 0.15) is 24.3 Å². The number of para-hydroxylation sites is 1. The maximum Gasteiger partial charge on any atom is 0.270 e. The molecule has 0 atom stereocenters. The molecule has 3 rings (SSSR count). The number of amides is 1. The number of halogens is 1. The van der Waals surface area contributed by atoms with Crippen LogP contribution in [-0.4, -0.2) is 21.9 Å². The minimum absolute atomic E-state index is 0.0272. The number of hydrogen-bond acceptors (Lipinski definition) is 4. The summed E-state index contributed by atoms with van der Waals surface area (Å²) in [5.74, 6) is 0.0235. The number of anilines is 2. The zero-order valence-electron chi connectivity index (χ0n) is 14.5. The predicted molar refractivity (Wildman–Crippen MR) is 99.8 cm³/mol. The molecule has 6 heteroatoms. The van der Waals surface area contributed by atoms with Gasteiger partial charge in [-0.3, -0.25) is 4.79 Å². The molecule has 1 aromatic heterocycles. The highest BCUT2D eigenvalue weighted by Gasteiger charge is 2.14. The van der Waals surface area contributed by atoms with Crippen molar-refractivity contribution in [3.05, 3.63) is 72.2 Å². The minimum atomic E-state index is -0.402. The number of aromatic nitrogens is 2. The van der Waals surface area contributed by atoms with E-state index >= 15 is 0 Å². The van der Waals surface area contributed by atoms with Crippen LogP contribution in [-0.2, 0) is 0 Å². The molecule has 0 saturated carbocycles. The molecule has 0 aliphatic carbocycles. The lowest BCUT2D eigenvalue weighted by atomic mass is 10.2. The Bertz CT molecular complexity index is 913. The summed E-state index contributed by atoms with van der Waals surface area (Å²) >= 11 is 0. The number of hydrogen-bond donors (Lipinski definition) is 2. The van der Waals surface area contributed by atoms with Crippen LogP contribution in [0.25, 0.3) is 11.4 Å². The van der Waals surface area contributed by atoms with Crippen LogP contribution in [0.2, 0.25) is 0 Å². The molecule has 2 aromatic carbocycles. The van der Waals surface area contributed by atoms with Crippen LogP contribution in [0.15, 0.2) is 60.7 Å². The zero-order valence-corrected chi connectivity index (χ0v) is 14.5. The lowest BCUT2D eigenvalue weighted by Gasteiger charge is -2.12. The quantitative estimate of drug-likeness (QED) is 0.725. The number of carbonyl (C=O) groups excluding carboxylic acids is 1. The van der Waals surface area contributed by atoms with E-state index in [1.54, 1.807) is 18.2 Å². The number of rotatable bonds is 5. The molecule has 1 amide bonds. The Balaban J connectivity index is 2.03. The van der Waals surface area contributed by atoms with Crippen molar-refractivity contribution in [2.75, 3.05) is 5.32 Å². The van der Waals surface area contributed by atoms with Crippen molar-refractivity contribution >= 4 is 17.4 Å². The fourth-order valence-electron chi connectivity index (χ4n) is 2.38. The average molecular weight is 350 g/mol. The van der Waals surface area contributed by atoms with E-state index in [0.29, 0.717) is 11.6 Å². The normalized spacial score (nSPS) is 10.6. The Morgan fingerprint density at radius 2 is 1.69 bits per heavy atom. The SMILES string of the molecule is CC(C)NC(=O)c1cc(Nc2ccccc2F)nc(-c2ccccc2)n1. The molecule has 2 N–H and O–H groups in total. The molecule has 0 aliphatic rings. The summed E-state index contributed by atoms with van der Waals surface area (Å²) in [6.45, 7) is 3.74. The van der Waals surface area contributed by atoms with Crippen molar-refractivity contribution in [1.82, 2.24) is 15.3 Å². The third-order valence-electron chi connectivity index (χ3n) is 3.55. The first-order valence-corrected chi connectivity index (χ1v) is 8.30. The number of nitrogens with one attached hydrogen (secondary N) is 2. The van der Waals surface area contributed by atoms with Gasteiger partial charge in [0.2, 0.25) is 0 Å². The van der Waals surface area contributed by atoms with E-state index in [0.717, 1.165) is 5.56 Å². The second-order valence-corrected chi connectivity index (χ2v) is 6.06. The number of carbonyl (C=O) groups is 1. The van der Waals surface area contributed by atoms with Gasteiger partial charge in [-0.1, -0.05) is 42.5 Å². The van der Waals surface area contributed by atoms with Crippen LogP contribution in [0, 0.1) is 5.82 Å². The summed E-state index contributed by atoms with van der Waals surface area (Å²) in [6, 6.07) is 17.1. The summed E-state index contributed by atoms with van der Waals surface area (Å²) in [5.41, 5.74) is 1.26. The van der Waals surface area contributed by atoms with Crippen molar-refractivity contribution < 1.29 is 9.18 Å². The fourth-order valence-corrected chi connectivity index (χ4v) is 2.38. The van der Waals surface area contributed by atoms with Gasteiger partial charge in [0.25, 0.3) is 5.91 Å². The molecular formula is C20H19FN4O. The van der Waals surface area contributed by atoms with Gasteiger partial charge >= 0.3 is 0 Å². The maximum absolute atomic E-state index is 13.9. The fraction of sp³-hybridized carbons (Fsp3) is 0.150. The third kappa shape index (κ3) is 4.22. The summed E-state index contributed by atoms with van der Waals surface area (Å²) in [6.07, 6.45) is 0. The van der Waals surface area contributed by atoms with Crippen molar-refractivity contribution in [2.24, 2.45) is 0 Å². The molecule has 26 heavy (non-hydrogen) atoms. The summed E-state index contributed by atoms with van der Waals surface area (Å²) < 4.78 is 13.9. The van der Waals surface area contributed by atoms with E-state index in [-0.39, 0.29) is 23.3 Å². The van der Waals surface area contributed by atoms with Crippen LogP contribution in [0.4, 0.5) is 15.9 Å². The molecule has 0 fully saturated rings. The lowest BCUT2D eigenvalue weighted by molar-refractivity contribution is 0.0938. The van der Waals surface area contributed by atoms with Crippen LogP contribution < -0.4 is 10.6 Å². The van der Waals surface area contributed by atoms with E-state index in [2.05, 4.69) is 20.6 Å². The van der Waals surface area contributed by atoms with Gasteiger partial charge in [0.15, 0.2) is 5.82 Å². The third-order valence-corrected chi connectivity index (χ3v) is 3.55. The molecule has 0 spiro atoms. The molecule has 0 bridgehead atoms. The molecule has 0 unspecified atom stereocenters. The van der Waals surface area contributed by atoms with Gasteiger partial charge in [-0.05, 0) is 26.0 Å². The van der Waals surface area contributed by atoms with Gasteiger partial charge in [0, 0.05) is 17.7 Å². The van der Waals surface area contributed by atoms with Gasteiger partial charge in [0.1, 0.15) is 17.3 Å². The first kappa shape index (κ1) is 17.5. The van der Waals surface area contributed by atoms with E-state index in [1.165, 1.54) is 12.1 Å². The first-order valence-electron chi connectivity index (χ1n) is 8.30. The molecular weight excluding hydrogens is 331 g/mol. The highest BCUT2D eigenvalue weighted by atomic mass is 19.1. The van der Waals surface area contributed by atoms with Gasteiger partial charge in [0.05, 0.1) is 5.69 Å². The average Bonchev–Trinajstić information content (AvgIpc) is 2.63. The Hall–Kier alpha value is -3.28. The van der Waals surface area contributed by atoms with E-state index in [9.17, 15) is 9.18 Å². The zero-order chi connectivity index (χ0) is 18.5. The highest BCUT2D eigenvalue weighted by molar-refractivity contribution is 5.93. The maximum atomic E-state index is 13.9. The highest BCUT2D eigenvalue weighted by Crippen LogP contribution is 2.22. The molecule has 5 nitrogen and oxygen atoms in total. The van der Waals surface area contributed by atoms with Gasteiger partial charge in [-0.2, -0.15) is 0 Å². The van der Waals surface area contributed by atoms with E-state index in [4.69, 9.17) is 0 Å². The predicted octanol–water partition coefficient (Wildman–Crippen LogP) is 4.16. The Kier molecular flexibility index (Phi) is 5.22. The lowest BCUT2D eigenvalue weighted by Crippen LogP contribution is -2.31. The van der Waals surface area contributed by atoms with Gasteiger partial charge in [-0.25, -0.2) is 14.4 Å². The monoisotopic (exact) mass is 350 g/mol. The van der Waals surface area contributed by atoms with Crippen molar-refractivity contribution in [3.8, 4) is 11.4 Å². The second kappa shape index (κ2) is 7.74. The minimum Gasteiger partial charge on any atom is -0.349 e. The second-order valence-electron chi connectivity index (χ2n) is 6.06. The van der Waals surface area contributed by atoms with Crippen LogP contribution >= 0.6 is 0 Å². The molecule has 0 saturated heterocycles. The Morgan fingerprint density at radius 1 is 1.00 bits per heavy atom. The molecule has 132 valence electrons. The van der Waals surface area contributed by atoms with E-state index < -0.39 is 5.82 Å². The molecule has 0 radical (unpaired) electrons. The Labute approximate surface area is 151 Å². The Morgan fingerprint density at radius 3 is 2.38 bits per heavy atom. The number of benzene rings is 2. The summed E-state index contributed by atoms with van der Waals surface area (Å²) in [7, 11) is 0. The topological polar surface area (TPSA) is 66.9 Å². The van der Waals surface area contributed by atoms with E-state index in [1.807, 2.05) is 44.2 Å². The summed E-state index contributed by atoms with van der Waals surface area (Å²) in [5, 5.41) is 5.73. The van der Waals surface area contributed by atoms with Crippen LogP contribution in [0.5, 0.6) is 0 Å². The van der Waals surface area contributed by atoms with Crippen molar-refractivity contribution in [3.63, 3.8) is 0 Å². The van der Waals surface area contributed by atoms with Gasteiger partial charge in [-0.15, -0.1) is 0 Å². The first-order chi connectivity index (χ1) is 12.5. The van der Waals surface area contributed by atoms with Gasteiger partial charge < -0.3 is 10.6 Å². The number of nitrogens with zero attached hydrogens (tertiary/aromatic N) is 2. The molecule has 1 heterocycles. The van der Waals surface area contributed by atoms with Crippen LogP contribution in [0.3, 0.4) is 0 Å². The largest absolute Gasteiger partial charge is 0.349 e. The smallest absolute Gasteiger partial charge is 0.270 e. The molecule has 0 aliphatic heterocycles. The standard InChI is InChI=1S/C20H19FN4O/c1-13(2)22-20(26)17-12-18(23-16-11-7-6-10-15(16)21)25-19(24-17)14-8-4-3-5-9-14/h3-13H,1-2H3,(H,22,26)(H,23,24,25). The summed E-state index contributed by atoms with van der Waals surface area (Å²) in [4.78, 5) is 21.2. The van der Waals surface area contributed by atoms with Crippen molar-refractivity contribution in [2.45, 2.75) is 19.9 Å². The van der Waals surface area contributed by atoms with Crippen molar-refractivity contribution in [1.29, 1.82) is 0 Å².